The van der Waals surface area contributed by atoms with Gasteiger partial charge in [-0.15, -0.1) is 11.3 Å². The Morgan fingerprint density at radius 3 is 2.89 bits per heavy atom. The Hall–Kier alpha value is -1.40. The molecule has 0 atom stereocenters. The number of hydrogen-bond donors (Lipinski definition) is 1. The van der Waals surface area contributed by atoms with Gasteiger partial charge >= 0.3 is 0 Å². The molecule has 6 heteroatoms. The monoisotopic (exact) mass is 279 g/mol. The first-order valence-corrected chi connectivity index (χ1v) is 7.36. The predicted octanol–water partition coefficient (Wildman–Crippen LogP) is 0.832. The van der Waals surface area contributed by atoms with E-state index in [1.165, 1.54) is 9.78 Å². The number of nitrogens with one attached hydrogen (secondary N) is 1. The summed E-state index contributed by atoms with van der Waals surface area (Å²) in [5, 5.41) is 4.16. The van der Waals surface area contributed by atoms with Crippen LogP contribution in [-0.4, -0.2) is 43.4 Å². The summed E-state index contributed by atoms with van der Waals surface area (Å²) in [6.45, 7) is 4.43. The Morgan fingerprint density at radius 1 is 1.37 bits per heavy atom. The van der Waals surface area contributed by atoms with Crippen LogP contribution in [0.1, 0.15) is 27.7 Å². The van der Waals surface area contributed by atoms with Crippen LogP contribution in [-0.2, 0) is 17.8 Å². The molecule has 0 unspecified atom stereocenters. The molecule has 0 saturated heterocycles. The van der Waals surface area contributed by atoms with Crippen molar-refractivity contribution in [3.8, 4) is 0 Å². The Bertz CT molecular complexity index is 552. The molecule has 2 aliphatic heterocycles. The van der Waals surface area contributed by atoms with Gasteiger partial charge in [0.1, 0.15) is 11.5 Å². The third-order valence-corrected chi connectivity index (χ3v) is 4.96. The van der Waals surface area contributed by atoms with E-state index >= 15 is 0 Å². The van der Waals surface area contributed by atoms with E-state index in [0.29, 0.717) is 6.54 Å². The normalized spacial score (nSPS) is 19.3. The molecule has 0 radical (unpaired) electrons. The van der Waals surface area contributed by atoms with Crippen molar-refractivity contribution in [1.82, 2.24) is 10.2 Å². The lowest BCUT2D eigenvalue weighted by molar-refractivity contribution is -0.118. The first-order valence-electron chi connectivity index (χ1n) is 6.54. The van der Waals surface area contributed by atoms with Crippen molar-refractivity contribution in [3.05, 3.63) is 16.0 Å². The highest BCUT2D eigenvalue weighted by Crippen LogP contribution is 2.39. The average Bonchev–Trinajstić information content (AvgIpc) is 2.73. The van der Waals surface area contributed by atoms with Crippen molar-refractivity contribution in [2.45, 2.75) is 19.9 Å². The number of likely N-dealkylation sites (N-methyl/N-ethyl adjacent to an activating group) is 2. The maximum atomic E-state index is 12.5. The van der Waals surface area contributed by atoms with Crippen LogP contribution in [0.4, 0.5) is 5.00 Å². The van der Waals surface area contributed by atoms with E-state index in [1.807, 2.05) is 6.92 Å². The first kappa shape index (κ1) is 12.6. The molecule has 0 bridgehead atoms. The second-order valence-corrected chi connectivity index (χ2v) is 5.99. The Morgan fingerprint density at radius 2 is 2.16 bits per heavy atom. The van der Waals surface area contributed by atoms with E-state index < -0.39 is 0 Å². The molecule has 0 fully saturated rings. The second kappa shape index (κ2) is 4.61. The van der Waals surface area contributed by atoms with Gasteiger partial charge in [0.05, 0.1) is 5.56 Å². The Kier molecular flexibility index (Phi) is 3.06. The third kappa shape index (κ3) is 1.86. The molecular weight excluding hydrogens is 262 g/mol. The SMILES string of the molecule is CCN1C(=O)CN(C)C(=O)c2c1sc1c2CCNC1. The molecule has 1 N–H and O–H groups in total. The van der Waals surface area contributed by atoms with Crippen LogP contribution < -0.4 is 10.2 Å². The van der Waals surface area contributed by atoms with E-state index in [4.69, 9.17) is 0 Å². The summed E-state index contributed by atoms with van der Waals surface area (Å²) in [7, 11) is 1.70. The first-order chi connectivity index (χ1) is 9.13. The number of carbonyl (C=O) groups is 2. The average molecular weight is 279 g/mol. The van der Waals surface area contributed by atoms with Gasteiger partial charge in [-0.1, -0.05) is 0 Å². The number of hydrogen-bond acceptors (Lipinski definition) is 4. The van der Waals surface area contributed by atoms with E-state index in [0.717, 1.165) is 35.6 Å². The minimum atomic E-state index is -0.0151. The molecule has 1 aromatic rings. The van der Waals surface area contributed by atoms with Crippen molar-refractivity contribution in [3.63, 3.8) is 0 Å². The highest BCUT2D eigenvalue weighted by atomic mass is 32.1. The number of amides is 2. The summed E-state index contributed by atoms with van der Waals surface area (Å²) in [5.41, 5.74) is 1.90. The Labute approximate surface area is 116 Å². The molecule has 0 aromatic carbocycles. The molecule has 5 nitrogen and oxygen atoms in total. The fraction of sp³-hybridized carbons (Fsp3) is 0.538. The minimum Gasteiger partial charge on any atom is -0.332 e. The van der Waals surface area contributed by atoms with Crippen LogP contribution in [0.5, 0.6) is 0 Å². The molecule has 0 spiro atoms. The number of carbonyl (C=O) groups excluding carboxylic acids is 2. The van der Waals surface area contributed by atoms with Crippen molar-refractivity contribution in [1.29, 1.82) is 0 Å². The Balaban J connectivity index is 2.20. The zero-order valence-electron chi connectivity index (χ0n) is 11.2. The third-order valence-electron chi connectivity index (χ3n) is 3.70. The quantitative estimate of drug-likeness (QED) is 0.828. The topological polar surface area (TPSA) is 52.7 Å². The van der Waals surface area contributed by atoms with Crippen molar-refractivity contribution < 1.29 is 9.59 Å². The van der Waals surface area contributed by atoms with Gasteiger partial charge < -0.3 is 15.1 Å². The van der Waals surface area contributed by atoms with Crippen LogP contribution in [0.15, 0.2) is 0 Å². The summed E-state index contributed by atoms with van der Waals surface area (Å²) < 4.78 is 0. The van der Waals surface area contributed by atoms with Gasteiger partial charge in [0, 0.05) is 25.0 Å². The van der Waals surface area contributed by atoms with Gasteiger partial charge in [0.2, 0.25) is 5.91 Å². The summed E-state index contributed by atoms with van der Waals surface area (Å²) in [5.74, 6) is -0.0117. The van der Waals surface area contributed by atoms with E-state index in [2.05, 4.69) is 5.32 Å². The summed E-state index contributed by atoms with van der Waals surface area (Å²) in [4.78, 5) is 29.2. The summed E-state index contributed by atoms with van der Waals surface area (Å²) in [6.07, 6.45) is 0.868. The maximum Gasteiger partial charge on any atom is 0.257 e. The van der Waals surface area contributed by atoms with Crippen LogP contribution in [0.25, 0.3) is 0 Å². The minimum absolute atomic E-state index is 0.00339. The molecule has 0 aliphatic carbocycles. The van der Waals surface area contributed by atoms with E-state index in [-0.39, 0.29) is 18.4 Å². The standard InChI is InChI=1S/C13H17N3O2S/c1-3-16-10(17)7-15(2)12(18)11-8-4-5-14-6-9(8)19-13(11)16/h14H,3-7H2,1-2H3. The summed E-state index contributed by atoms with van der Waals surface area (Å²) in [6, 6.07) is 0. The lowest BCUT2D eigenvalue weighted by Crippen LogP contribution is -2.37. The highest BCUT2D eigenvalue weighted by Gasteiger charge is 2.35. The molecule has 1 aromatic heterocycles. The largest absolute Gasteiger partial charge is 0.332 e. The highest BCUT2D eigenvalue weighted by molar-refractivity contribution is 7.17. The molecule has 102 valence electrons. The van der Waals surface area contributed by atoms with Crippen molar-refractivity contribution in [2.75, 3.05) is 31.6 Å². The van der Waals surface area contributed by atoms with Gasteiger partial charge in [-0.05, 0) is 25.5 Å². The van der Waals surface area contributed by atoms with E-state index in [9.17, 15) is 9.59 Å². The van der Waals surface area contributed by atoms with Gasteiger partial charge in [0.15, 0.2) is 0 Å². The number of fused-ring (bicyclic) bond motifs is 3. The van der Waals surface area contributed by atoms with Gasteiger partial charge in [-0.3, -0.25) is 9.59 Å². The smallest absolute Gasteiger partial charge is 0.257 e. The fourth-order valence-electron chi connectivity index (χ4n) is 2.72. The van der Waals surface area contributed by atoms with Crippen molar-refractivity contribution in [2.24, 2.45) is 0 Å². The van der Waals surface area contributed by atoms with Crippen LogP contribution in [0.3, 0.4) is 0 Å². The molecule has 3 heterocycles. The second-order valence-electron chi connectivity index (χ2n) is 4.91. The number of anilines is 1. The summed E-state index contributed by atoms with van der Waals surface area (Å²) >= 11 is 1.59. The van der Waals surface area contributed by atoms with Crippen LogP contribution >= 0.6 is 11.3 Å². The molecule has 3 rings (SSSR count). The lowest BCUT2D eigenvalue weighted by atomic mass is 10.0. The van der Waals surface area contributed by atoms with Gasteiger partial charge in [-0.25, -0.2) is 0 Å². The fourth-order valence-corrected chi connectivity index (χ4v) is 4.10. The van der Waals surface area contributed by atoms with Crippen LogP contribution in [0.2, 0.25) is 0 Å². The maximum absolute atomic E-state index is 12.5. The number of nitrogens with zero attached hydrogens (tertiary/aromatic N) is 2. The molecule has 19 heavy (non-hydrogen) atoms. The predicted molar refractivity (Wildman–Crippen MR) is 74.7 cm³/mol. The van der Waals surface area contributed by atoms with Gasteiger partial charge in [-0.2, -0.15) is 0 Å². The zero-order valence-corrected chi connectivity index (χ0v) is 12.0. The van der Waals surface area contributed by atoms with E-state index in [1.54, 1.807) is 23.3 Å². The lowest BCUT2D eigenvalue weighted by Gasteiger charge is -2.18. The van der Waals surface area contributed by atoms with Crippen molar-refractivity contribution >= 4 is 28.2 Å². The molecule has 2 aliphatic rings. The van der Waals surface area contributed by atoms with Gasteiger partial charge in [0.25, 0.3) is 5.91 Å². The molecule has 2 amide bonds. The zero-order chi connectivity index (χ0) is 13.6. The molecular formula is C13H17N3O2S. The van der Waals surface area contributed by atoms with Crippen LogP contribution in [0, 0.1) is 0 Å². The molecule has 0 saturated carbocycles. The number of thiophene rings is 1. The number of rotatable bonds is 1.